The number of halogens is 1. The molecule has 0 aliphatic heterocycles. The minimum absolute atomic E-state index is 0.423. The Labute approximate surface area is 120 Å². The molecular formula is C13H15IN2O2. The van der Waals surface area contributed by atoms with Gasteiger partial charge >= 0.3 is 0 Å². The molecule has 1 N–H and O–H groups in total. The Hall–Kier alpha value is -1.24. The topological polar surface area (TPSA) is 47.3 Å². The molecule has 1 aromatic carbocycles. The van der Waals surface area contributed by atoms with Gasteiger partial charge in [-0.05, 0) is 40.1 Å². The smallest absolute Gasteiger partial charge is 0.236 e. The van der Waals surface area contributed by atoms with E-state index < -0.39 is 0 Å². The summed E-state index contributed by atoms with van der Waals surface area (Å²) in [6.45, 7) is 4.79. The summed E-state index contributed by atoms with van der Waals surface area (Å²) in [5.41, 5.74) is 2.46. The highest BCUT2D eigenvalue weighted by Gasteiger charge is 2.11. The highest BCUT2D eigenvalue weighted by atomic mass is 127. The van der Waals surface area contributed by atoms with Crippen molar-refractivity contribution in [2.75, 3.05) is 0 Å². The predicted octanol–water partition coefficient (Wildman–Crippen LogP) is 3.43. The molecule has 2 aromatic rings. The van der Waals surface area contributed by atoms with Crippen LogP contribution in [-0.2, 0) is 6.61 Å². The van der Waals surface area contributed by atoms with Gasteiger partial charge in [-0.15, -0.1) is 4.85 Å². The monoisotopic (exact) mass is 358 g/mol. The van der Waals surface area contributed by atoms with Crippen molar-refractivity contribution >= 4 is 22.6 Å². The molecule has 96 valence electrons. The number of ether oxygens (including phenoxy) is 1. The molecule has 5 heteroatoms. The van der Waals surface area contributed by atoms with Crippen molar-refractivity contribution in [3.63, 3.8) is 0 Å². The molecule has 0 unspecified atom stereocenters. The van der Waals surface area contributed by atoms with Crippen molar-refractivity contribution in [1.82, 2.24) is 9.94 Å². The summed E-state index contributed by atoms with van der Waals surface area (Å²) in [6.07, 6.45) is 1.44. The van der Waals surface area contributed by atoms with E-state index in [1.807, 2.05) is 0 Å². The summed E-state index contributed by atoms with van der Waals surface area (Å²) in [4.78, 5) is 0.745. The molecule has 0 saturated heterocycles. The number of nitrogens with zero attached hydrogens (tertiary/aromatic N) is 2. The maximum absolute atomic E-state index is 9.07. The molecule has 0 aliphatic rings. The zero-order chi connectivity index (χ0) is 13.1. The van der Waals surface area contributed by atoms with Gasteiger partial charge in [0.1, 0.15) is 6.61 Å². The summed E-state index contributed by atoms with van der Waals surface area (Å²) in [5, 5.41) is 12.8. The summed E-state index contributed by atoms with van der Waals surface area (Å²) >= 11 is 2.31. The molecule has 0 radical (unpaired) electrons. The lowest BCUT2D eigenvalue weighted by molar-refractivity contribution is 0.141. The van der Waals surface area contributed by atoms with E-state index in [1.54, 1.807) is 6.07 Å². The number of hydrogen-bond acceptors (Lipinski definition) is 3. The van der Waals surface area contributed by atoms with Gasteiger partial charge in [-0.3, -0.25) is 0 Å². The fourth-order valence-electron chi connectivity index (χ4n) is 1.79. The normalized spacial score (nSPS) is 10.9. The minimum atomic E-state index is 0.423. The van der Waals surface area contributed by atoms with Crippen molar-refractivity contribution in [2.45, 2.75) is 26.4 Å². The van der Waals surface area contributed by atoms with E-state index in [1.165, 1.54) is 20.9 Å². The lowest BCUT2D eigenvalue weighted by atomic mass is 9.98. The number of benzene rings is 1. The van der Waals surface area contributed by atoms with Gasteiger partial charge in [-0.25, -0.2) is 0 Å². The molecule has 18 heavy (non-hydrogen) atoms. The Bertz CT molecular complexity index is 538. The fourth-order valence-corrected chi connectivity index (χ4v) is 2.46. The number of hydrogen-bond donors (Lipinski definition) is 1. The fraction of sp³-hybridized carbons (Fsp3) is 0.308. The first-order valence-electron chi connectivity index (χ1n) is 5.73. The van der Waals surface area contributed by atoms with Crippen molar-refractivity contribution in [1.29, 1.82) is 0 Å². The molecule has 1 heterocycles. The first-order chi connectivity index (χ1) is 8.58. The number of aromatic nitrogens is 2. The third-order valence-corrected chi connectivity index (χ3v) is 3.70. The number of rotatable bonds is 4. The standard InChI is InChI=1S/C13H15IN2O2/c1-9(2)10-4-3-5-12(14)11(10)8-18-13-6-7-16(17)15-13/h3-7,9,17H,8H2,1-2H3. The van der Waals surface area contributed by atoms with Crippen LogP contribution in [0.2, 0.25) is 0 Å². The largest absolute Gasteiger partial charge is 0.472 e. The van der Waals surface area contributed by atoms with Gasteiger partial charge < -0.3 is 9.94 Å². The van der Waals surface area contributed by atoms with Crippen LogP contribution in [0.4, 0.5) is 0 Å². The first kappa shape index (κ1) is 13.2. The third-order valence-electron chi connectivity index (χ3n) is 2.69. The summed E-state index contributed by atoms with van der Waals surface area (Å²) < 4.78 is 6.77. The van der Waals surface area contributed by atoms with Crippen LogP contribution in [0, 0.1) is 3.57 Å². The van der Waals surface area contributed by atoms with Crippen LogP contribution in [0.25, 0.3) is 0 Å². The summed E-state index contributed by atoms with van der Waals surface area (Å²) in [6, 6.07) is 7.87. The van der Waals surface area contributed by atoms with Crippen LogP contribution in [0.5, 0.6) is 5.88 Å². The molecule has 0 aliphatic carbocycles. The van der Waals surface area contributed by atoms with E-state index in [0.29, 0.717) is 18.4 Å². The Morgan fingerprint density at radius 2 is 2.17 bits per heavy atom. The molecular weight excluding hydrogens is 343 g/mol. The molecule has 1 aromatic heterocycles. The van der Waals surface area contributed by atoms with E-state index in [-0.39, 0.29) is 0 Å². The molecule has 0 amide bonds. The van der Waals surface area contributed by atoms with Gasteiger partial charge in [-0.2, -0.15) is 0 Å². The molecule has 0 spiro atoms. The second kappa shape index (κ2) is 5.60. The van der Waals surface area contributed by atoms with Gasteiger partial charge in [0.15, 0.2) is 0 Å². The van der Waals surface area contributed by atoms with E-state index in [4.69, 9.17) is 9.94 Å². The van der Waals surface area contributed by atoms with Gasteiger partial charge in [-0.1, -0.05) is 31.1 Å². The lowest BCUT2D eigenvalue weighted by Crippen LogP contribution is -2.04. The average molecular weight is 358 g/mol. The second-order valence-electron chi connectivity index (χ2n) is 4.33. The molecule has 0 fully saturated rings. The van der Waals surface area contributed by atoms with E-state index in [9.17, 15) is 0 Å². The third kappa shape index (κ3) is 2.95. The molecule has 2 rings (SSSR count). The lowest BCUT2D eigenvalue weighted by Gasteiger charge is -2.14. The first-order valence-corrected chi connectivity index (χ1v) is 6.81. The zero-order valence-electron chi connectivity index (χ0n) is 10.3. The predicted molar refractivity (Wildman–Crippen MR) is 77.0 cm³/mol. The van der Waals surface area contributed by atoms with Crippen LogP contribution >= 0.6 is 22.6 Å². The average Bonchev–Trinajstić information content (AvgIpc) is 2.73. The Morgan fingerprint density at radius 3 is 2.78 bits per heavy atom. The van der Waals surface area contributed by atoms with Gasteiger partial charge in [0.05, 0.1) is 6.20 Å². The summed E-state index contributed by atoms with van der Waals surface area (Å²) in [7, 11) is 0. The van der Waals surface area contributed by atoms with Crippen molar-refractivity contribution in [3.05, 3.63) is 45.2 Å². The van der Waals surface area contributed by atoms with E-state index >= 15 is 0 Å². The van der Waals surface area contributed by atoms with Crippen molar-refractivity contribution in [3.8, 4) is 5.88 Å². The SMILES string of the molecule is CC(C)c1cccc(I)c1COc1ccn(O)n1. The Morgan fingerprint density at radius 1 is 1.39 bits per heavy atom. The van der Waals surface area contributed by atoms with Gasteiger partial charge in [0, 0.05) is 15.2 Å². The quantitative estimate of drug-likeness (QED) is 0.673. The maximum atomic E-state index is 9.07. The highest BCUT2D eigenvalue weighted by molar-refractivity contribution is 14.1. The summed E-state index contributed by atoms with van der Waals surface area (Å²) in [5.74, 6) is 0.876. The molecule has 0 saturated carbocycles. The minimum Gasteiger partial charge on any atom is -0.472 e. The van der Waals surface area contributed by atoms with E-state index in [2.05, 4.69) is 59.7 Å². The highest BCUT2D eigenvalue weighted by Crippen LogP contribution is 2.25. The maximum Gasteiger partial charge on any atom is 0.236 e. The molecule has 4 nitrogen and oxygen atoms in total. The molecule has 0 atom stereocenters. The Kier molecular flexibility index (Phi) is 4.11. The van der Waals surface area contributed by atoms with Crippen LogP contribution in [0.3, 0.4) is 0 Å². The van der Waals surface area contributed by atoms with Crippen LogP contribution < -0.4 is 4.74 Å². The van der Waals surface area contributed by atoms with Crippen LogP contribution in [0.1, 0.15) is 30.9 Å². The van der Waals surface area contributed by atoms with Gasteiger partial charge in [0.25, 0.3) is 0 Å². The zero-order valence-corrected chi connectivity index (χ0v) is 12.5. The van der Waals surface area contributed by atoms with E-state index in [0.717, 1.165) is 4.85 Å². The van der Waals surface area contributed by atoms with Crippen LogP contribution in [0.15, 0.2) is 30.5 Å². The van der Waals surface area contributed by atoms with Crippen molar-refractivity contribution in [2.24, 2.45) is 0 Å². The Balaban J connectivity index is 2.18. The van der Waals surface area contributed by atoms with Crippen LogP contribution in [-0.4, -0.2) is 15.2 Å². The van der Waals surface area contributed by atoms with Gasteiger partial charge in [0.2, 0.25) is 5.88 Å². The van der Waals surface area contributed by atoms with Crippen molar-refractivity contribution < 1.29 is 9.94 Å². The second-order valence-corrected chi connectivity index (χ2v) is 5.49. The molecule has 0 bridgehead atoms.